The average Bonchev–Trinajstić information content (AvgIpc) is 3.62. The summed E-state index contributed by atoms with van der Waals surface area (Å²) in [6, 6.07) is 27.6. The minimum absolute atomic E-state index is 0.135. The standard InChI is InChI=1S/C47H46ClN3O9/c1-28-34(27-59-45-20-44(58-26-31-14-30(21-49)22-50-23-31)33(17-42(45)48)6-3-8-36(52)18-46(54)55)7-4-10-40(28)41-11-5-9-39(29(41)2)32-12-13-43-35(15-32)16-38(60-43)25-51-24-37(53)19-47(56)57/h4-5,7,9-17,20,22-23,36-37,51-53H,3,6,8,18-19,24-27H2,1-2H3,(H,54,55)(H,56,57)/t36-,37+/m1/s1. The Morgan fingerprint density at radius 2 is 1.55 bits per heavy atom. The number of carbonyl (C=O) groups is 2. The van der Waals surface area contributed by atoms with Crippen molar-refractivity contribution in [2.75, 3.05) is 6.54 Å². The van der Waals surface area contributed by atoms with Crippen LogP contribution in [-0.2, 0) is 35.8 Å². The van der Waals surface area contributed by atoms with Gasteiger partial charge in [-0.15, -0.1) is 0 Å². The number of nitrogens with one attached hydrogen (secondary N) is 1. The second-order valence-corrected chi connectivity index (χ2v) is 15.1. The summed E-state index contributed by atoms with van der Waals surface area (Å²) in [5.41, 5.74) is 9.94. The number of hydrogen-bond acceptors (Lipinski definition) is 10. The van der Waals surface area contributed by atoms with Crippen molar-refractivity contribution in [2.24, 2.45) is 0 Å². The van der Waals surface area contributed by atoms with Crippen molar-refractivity contribution in [1.29, 1.82) is 5.26 Å². The zero-order valence-corrected chi connectivity index (χ0v) is 34.0. The smallest absolute Gasteiger partial charge is 0.306 e. The highest BCUT2D eigenvalue weighted by Gasteiger charge is 2.17. The number of carboxylic acids is 2. The number of fused-ring (bicyclic) bond motifs is 1. The minimum Gasteiger partial charge on any atom is -0.488 e. The number of hydrogen-bond donors (Lipinski definition) is 5. The molecule has 6 aromatic rings. The Bertz CT molecular complexity index is 2530. The molecule has 0 amide bonds. The number of aliphatic carboxylic acids is 2. The molecule has 310 valence electrons. The van der Waals surface area contributed by atoms with Gasteiger partial charge in [0.05, 0.1) is 42.2 Å². The highest BCUT2D eigenvalue weighted by Crippen LogP contribution is 2.38. The van der Waals surface area contributed by atoms with E-state index in [4.69, 9.17) is 35.7 Å². The number of aliphatic hydroxyl groups is 2. The summed E-state index contributed by atoms with van der Waals surface area (Å²) in [6.45, 7) is 5.01. The van der Waals surface area contributed by atoms with Crippen LogP contribution < -0.4 is 14.8 Å². The van der Waals surface area contributed by atoms with Crippen LogP contribution in [0.15, 0.2) is 95.7 Å². The molecule has 0 aliphatic carbocycles. The normalized spacial score (nSPS) is 12.2. The molecule has 0 fully saturated rings. The summed E-state index contributed by atoms with van der Waals surface area (Å²) >= 11 is 6.79. The summed E-state index contributed by atoms with van der Waals surface area (Å²) in [5, 5.41) is 51.6. The van der Waals surface area contributed by atoms with Gasteiger partial charge in [-0.3, -0.25) is 14.6 Å². The Labute approximate surface area is 352 Å². The number of nitrogens with zero attached hydrogens (tertiary/aromatic N) is 2. The summed E-state index contributed by atoms with van der Waals surface area (Å²) in [7, 11) is 0. The monoisotopic (exact) mass is 831 g/mol. The van der Waals surface area contributed by atoms with E-state index in [2.05, 4.69) is 54.5 Å². The average molecular weight is 832 g/mol. The van der Waals surface area contributed by atoms with Gasteiger partial charge >= 0.3 is 11.9 Å². The molecule has 0 bridgehead atoms. The van der Waals surface area contributed by atoms with Gasteiger partial charge < -0.3 is 39.6 Å². The second kappa shape index (κ2) is 20.2. The fourth-order valence-corrected chi connectivity index (χ4v) is 7.39. The Balaban J connectivity index is 1.19. The van der Waals surface area contributed by atoms with Gasteiger partial charge in [-0.1, -0.05) is 54.1 Å². The molecule has 0 unspecified atom stereocenters. The van der Waals surface area contributed by atoms with Crippen molar-refractivity contribution in [2.45, 2.75) is 77.9 Å². The molecule has 2 aromatic heterocycles. The first-order chi connectivity index (χ1) is 28.9. The molecule has 0 spiro atoms. The number of pyridine rings is 1. The number of carboxylic acid groups (broad SMARTS) is 2. The molecule has 12 nitrogen and oxygen atoms in total. The molecule has 4 aromatic carbocycles. The third-order valence-corrected chi connectivity index (χ3v) is 10.5. The molecule has 0 saturated heterocycles. The van der Waals surface area contributed by atoms with Gasteiger partial charge in [0, 0.05) is 36.0 Å². The Hall–Kier alpha value is -6.23. The summed E-state index contributed by atoms with van der Waals surface area (Å²) in [5.74, 6) is -0.511. The lowest BCUT2D eigenvalue weighted by Crippen LogP contribution is -2.28. The van der Waals surface area contributed by atoms with Gasteiger partial charge in [-0.25, -0.2) is 0 Å². The van der Waals surface area contributed by atoms with Gasteiger partial charge in [0.1, 0.15) is 42.1 Å². The number of aromatic nitrogens is 1. The van der Waals surface area contributed by atoms with E-state index >= 15 is 0 Å². The third kappa shape index (κ3) is 11.3. The van der Waals surface area contributed by atoms with E-state index in [-0.39, 0.29) is 32.6 Å². The van der Waals surface area contributed by atoms with Crippen LogP contribution in [0.5, 0.6) is 11.5 Å². The van der Waals surface area contributed by atoms with Crippen LogP contribution in [0, 0.1) is 25.2 Å². The maximum absolute atomic E-state index is 11.0. The predicted octanol–water partition coefficient (Wildman–Crippen LogP) is 8.55. The lowest BCUT2D eigenvalue weighted by Gasteiger charge is -2.18. The van der Waals surface area contributed by atoms with Crippen molar-refractivity contribution in [1.82, 2.24) is 10.3 Å². The summed E-state index contributed by atoms with van der Waals surface area (Å²) < 4.78 is 18.6. The number of aliphatic hydroxyl groups excluding tert-OH is 2. The van der Waals surface area contributed by atoms with E-state index in [0.29, 0.717) is 59.2 Å². The van der Waals surface area contributed by atoms with Crippen molar-refractivity contribution in [3.05, 3.63) is 135 Å². The van der Waals surface area contributed by atoms with Gasteiger partial charge in [0.15, 0.2) is 0 Å². The van der Waals surface area contributed by atoms with Gasteiger partial charge in [-0.05, 0) is 108 Å². The van der Waals surface area contributed by atoms with Crippen molar-refractivity contribution < 1.29 is 43.9 Å². The van der Waals surface area contributed by atoms with Crippen LogP contribution in [0.1, 0.15) is 64.8 Å². The van der Waals surface area contributed by atoms with Gasteiger partial charge in [0.2, 0.25) is 0 Å². The Morgan fingerprint density at radius 1 is 0.833 bits per heavy atom. The van der Waals surface area contributed by atoms with Gasteiger partial charge in [-0.2, -0.15) is 5.26 Å². The molecule has 5 N–H and O–H groups in total. The number of furan rings is 1. The molecule has 2 atom stereocenters. The highest BCUT2D eigenvalue weighted by atomic mass is 35.5. The molecule has 13 heteroatoms. The van der Waals surface area contributed by atoms with Crippen LogP contribution in [0.4, 0.5) is 0 Å². The highest BCUT2D eigenvalue weighted by molar-refractivity contribution is 6.32. The lowest BCUT2D eigenvalue weighted by atomic mass is 9.89. The number of benzene rings is 4. The first-order valence-electron chi connectivity index (χ1n) is 19.5. The van der Waals surface area contributed by atoms with Crippen LogP contribution in [0.25, 0.3) is 33.2 Å². The minimum atomic E-state index is -1.06. The molecule has 60 heavy (non-hydrogen) atoms. The largest absolute Gasteiger partial charge is 0.488 e. The van der Waals surface area contributed by atoms with Crippen LogP contribution in [-0.4, -0.2) is 56.1 Å². The summed E-state index contributed by atoms with van der Waals surface area (Å²) in [6.07, 6.45) is 1.75. The zero-order valence-electron chi connectivity index (χ0n) is 33.3. The zero-order chi connectivity index (χ0) is 42.8. The maximum atomic E-state index is 11.0. The van der Waals surface area contributed by atoms with Crippen LogP contribution in [0.3, 0.4) is 0 Å². The van der Waals surface area contributed by atoms with E-state index in [1.165, 1.54) is 6.20 Å². The van der Waals surface area contributed by atoms with E-state index in [1.54, 1.807) is 24.4 Å². The topological polar surface area (TPSA) is 195 Å². The Morgan fingerprint density at radius 3 is 2.32 bits per heavy atom. The predicted molar refractivity (Wildman–Crippen MR) is 227 cm³/mol. The molecule has 0 aliphatic heterocycles. The van der Waals surface area contributed by atoms with E-state index in [9.17, 15) is 25.1 Å². The fraction of sp³-hybridized carbons (Fsp3) is 0.277. The number of nitriles is 1. The molecular weight excluding hydrogens is 786 g/mol. The fourth-order valence-electron chi connectivity index (χ4n) is 7.15. The van der Waals surface area contributed by atoms with Crippen LogP contribution in [0.2, 0.25) is 5.02 Å². The van der Waals surface area contributed by atoms with Gasteiger partial charge in [0.25, 0.3) is 0 Å². The molecule has 0 aliphatic rings. The van der Waals surface area contributed by atoms with E-state index in [0.717, 1.165) is 55.5 Å². The first kappa shape index (κ1) is 43.4. The SMILES string of the molecule is Cc1c(COc2cc(OCc3cncc(C#N)c3)c(CCC[C@@H](O)CC(=O)O)cc2Cl)cccc1-c1cccc(-c2ccc3oc(CNC[C@@H](O)CC(=O)O)cc3c2)c1C. The van der Waals surface area contributed by atoms with E-state index < -0.39 is 24.1 Å². The summed E-state index contributed by atoms with van der Waals surface area (Å²) in [4.78, 5) is 26.0. The molecule has 2 heterocycles. The van der Waals surface area contributed by atoms with Crippen molar-refractivity contribution in [3.63, 3.8) is 0 Å². The number of halogens is 1. The molecule has 0 radical (unpaired) electrons. The van der Waals surface area contributed by atoms with Crippen molar-refractivity contribution in [3.8, 4) is 39.8 Å². The molecule has 0 saturated carbocycles. The third-order valence-electron chi connectivity index (χ3n) is 10.2. The van der Waals surface area contributed by atoms with Crippen LogP contribution >= 0.6 is 11.6 Å². The maximum Gasteiger partial charge on any atom is 0.306 e. The quantitative estimate of drug-likeness (QED) is 0.0493. The molecular formula is C47H46ClN3O9. The van der Waals surface area contributed by atoms with E-state index in [1.807, 2.05) is 36.4 Å². The molecule has 6 rings (SSSR count). The number of ether oxygens (including phenoxy) is 2. The first-order valence-corrected chi connectivity index (χ1v) is 19.9. The number of aryl methyl sites for hydroxylation is 1. The number of rotatable bonds is 20. The second-order valence-electron chi connectivity index (χ2n) is 14.7. The van der Waals surface area contributed by atoms with Crippen molar-refractivity contribution >= 4 is 34.5 Å². The lowest BCUT2D eigenvalue weighted by molar-refractivity contribution is -0.140. The Kier molecular flexibility index (Phi) is 14.6.